The normalized spacial score (nSPS) is 14.8. The third-order valence-electron chi connectivity index (χ3n) is 4.62. The van der Waals surface area contributed by atoms with Crippen LogP contribution in [0.5, 0.6) is 5.75 Å². The molecule has 2 aromatic rings. The smallest absolute Gasteiger partial charge is 0.332 e. The maximum absolute atomic E-state index is 12.1. The fraction of sp³-hybridized carbons (Fsp3) is 0.444. The highest BCUT2D eigenvalue weighted by Gasteiger charge is 2.20. The quantitative estimate of drug-likeness (QED) is 0.764. The van der Waals surface area contributed by atoms with Gasteiger partial charge in [-0.25, -0.2) is 4.79 Å². The van der Waals surface area contributed by atoms with E-state index in [4.69, 9.17) is 4.74 Å². The van der Waals surface area contributed by atoms with E-state index >= 15 is 0 Å². The van der Waals surface area contributed by atoms with E-state index in [1.165, 1.54) is 17.7 Å². The van der Waals surface area contributed by atoms with Crippen LogP contribution in [0, 0.1) is 0 Å². The van der Waals surface area contributed by atoms with E-state index in [9.17, 15) is 9.59 Å². The molecule has 1 aliphatic rings. The lowest BCUT2D eigenvalue weighted by molar-refractivity contribution is 0.200. The van der Waals surface area contributed by atoms with Gasteiger partial charge in [-0.15, -0.1) is 12.4 Å². The maximum Gasteiger partial charge on any atom is 0.332 e. The predicted octanol–water partition coefficient (Wildman–Crippen LogP) is 0.707. The standard InChI is InChI=1S/C18H24N4O3.ClH/c1-19-16(14-17(23)20(2)18(19)24)22-10-8-21(9-11-22)12-13-25-15-6-4-3-5-7-15;/h3-7,14H,8-13H2,1-2H3;1H. The van der Waals surface area contributed by atoms with Crippen molar-refractivity contribution in [2.24, 2.45) is 14.1 Å². The largest absolute Gasteiger partial charge is 0.492 e. The van der Waals surface area contributed by atoms with Crippen LogP contribution in [-0.4, -0.2) is 53.4 Å². The lowest BCUT2D eigenvalue weighted by atomic mass is 10.3. The molecule has 1 aromatic heterocycles. The molecule has 3 rings (SSSR count). The first-order valence-electron chi connectivity index (χ1n) is 8.48. The minimum Gasteiger partial charge on any atom is -0.492 e. The number of anilines is 1. The van der Waals surface area contributed by atoms with E-state index < -0.39 is 0 Å². The van der Waals surface area contributed by atoms with Crippen molar-refractivity contribution in [1.29, 1.82) is 0 Å². The first-order valence-corrected chi connectivity index (χ1v) is 8.48. The Bertz CT molecular complexity index is 827. The summed E-state index contributed by atoms with van der Waals surface area (Å²) < 4.78 is 8.40. The molecule has 0 saturated carbocycles. The Morgan fingerprint density at radius 1 is 0.962 bits per heavy atom. The van der Waals surface area contributed by atoms with Gasteiger partial charge in [0.2, 0.25) is 0 Å². The molecule has 0 spiro atoms. The minimum atomic E-state index is -0.291. The molecule has 1 saturated heterocycles. The molecule has 142 valence electrons. The molecule has 0 atom stereocenters. The molecule has 26 heavy (non-hydrogen) atoms. The summed E-state index contributed by atoms with van der Waals surface area (Å²) in [5, 5.41) is 0. The third kappa shape index (κ3) is 4.47. The zero-order chi connectivity index (χ0) is 17.8. The number of piperazine rings is 1. The number of hydrogen-bond acceptors (Lipinski definition) is 5. The number of ether oxygens (including phenoxy) is 1. The second-order valence-corrected chi connectivity index (χ2v) is 6.23. The van der Waals surface area contributed by atoms with Gasteiger partial charge in [0.1, 0.15) is 18.2 Å². The average molecular weight is 381 g/mol. The van der Waals surface area contributed by atoms with Crippen LogP contribution in [0.4, 0.5) is 5.82 Å². The highest BCUT2D eigenvalue weighted by molar-refractivity contribution is 5.85. The number of benzene rings is 1. The molecule has 7 nitrogen and oxygen atoms in total. The van der Waals surface area contributed by atoms with Gasteiger partial charge in [-0.05, 0) is 12.1 Å². The molecular formula is C18H25ClN4O3. The molecule has 2 heterocycles. The van der Waals surface area contributed by atoms with Crippen molar-refractivity contribution in [3.05, 3.63) is 57.2 Å². The molecule has 0 radical (unpaired) electrons. The van der Waals surface area contributed by atoms with Crippen molar-refractivity contribution in [2.75, 3.05) is 44.2 Å². The molecule has 0 N–H and O–H groups in total. The van der Waals surface area contributed by atoms with Gasteiger partial charge in [0.15, 0.2) is 0 Å². The number of nitrogens with zero attached hydrogens (tertiary/aromatic N) is 4. The van der Waals surface area contributed by atoms with E-state index in [1.54, 1.807) is 7.05 Å². The maximum atomic E-state index is 12.1. The lowest BCUT2D eigenvalue weighted by Crippen LogP contribution is -2.50. The highest BCUT2D eigenvalue weighted by Crippen LogP contribution is 2.13. The molecule has 8 heteroatoms. The summed E-state index contributed by atoms with van der Waals surface area (Å²) in [7, 11) is 3.20. The molecule has 1 aromatic carbocycles. The van der Waals surface area contributed by atoms with E-state index in [-0.39, 0.29) is 23.7 Å². The van der Waals surface area contributed by atoms with Gasteiger partial charge in [-0.1, -0.05) is 18.2 Å². The van der Waals surface area contributed by atoms with Crippen molar-refractivity contribution in [3.8, 4) is 5.75 Å². The Labute approximate surface area is 158 Å². The number of hydrogen-bond donors (Lipinski definition) is 0. The van der Waals surface area contributed by atoms with E-state index in [2.05, 4.69) is 9.80 Å². The summed E-state index contributed by atoms with van der Waals surface area (Å²) in [4.78, 5) is 28.4. The van der Waals surface area contributed by atoms with E-state index in [0.717, 1.165) is 43.0 Å². The zero-order valence-corrected chi connectivity index (χ0v) is 15.9. The van der Waals surface area contributed by atoms with Gasteiger partial charge in [0, 0.05) is 52.9 Å². The predicted molar refractivity (Wildman–Crippen MR) is 105 cm³/mol. The first kappa shape index (κ1) is 20.1. The SMILES string of the molecule is Cl.Cn1c(N2CCN(CCOc3ccccc3)CC2)cc(=O)n(C)c1=O. The van der Waals surface area contributed by atoms with Crippen molar-refractivity contribution < 1.29 is 4.74 Å². The minimum absolute atomic E-state index is 0. The molecular weight excluding hydrogens is 356 g/mol. The van der Waals surface area contributed by atoms with Crippen LogP contribution in [0.15, 0.2) is 46.0 Å². The van der Waals surface area contributed by atoms with Gasteiger partial charge in [0.05, 0.1) is 0 Å². The Morgan fingerprint density at radius 3 is 2.27 bits per heavy atom. The molecule has 0 bridgehead atoms. The fourth-order valence-corrected chi connectivity index (χ4v) is 3.03. The summed E-state index contributed by atoms with van der Waals surface area (Å²) >= 11 is 0. The number of para-hydroxylation sites is 1. The third-order valence-corrected chi connectivity index (χ3v) is 4.62. The average Bonchev–Trinajstić information content (AvgIpc) is 2.64. The molecule has 1 aliphatic heterocycles. The van der Waals surface area contributed by atoms with Gasteiger partial charge >= 0.3 is 5.69 Å². The Balaban J connectivity index is 0.00000243. The number of rotatable bonds is 5. The van der Waals surface area contributed by atoms with Crippen LogP contribution >= 0.6 is 12.4 Å². The fourth-order valence-electron chi connectivity index (χ4n) is 3.03. The summed E-state index contributed by atoms with van der Waals surface area (Å²) in [6.45, 7) is 4.83. The van der Waals surface area contributed by atoms with Crippen LogP contribution in [0.25, 0.3) is 0 Å². The summed E-state index contributed by atoms with van der Waals surface area (Å²) in [6.07, 6.45) is 0. The highest BCUT2D eigenvalue weighted by atomic mass is 35.5. The Hall–Kier alpha value is -2.25. The first-order chi connectivity index (χ1) is 12.1. The Morgan fingerprint density at radius 2 is 1.62 bits per heavy atom. The van der Waals surface area contributed by atoms with Crippen LogP contribution in [0.1, 0.15) is 0 Å². The van der Waals surface area contributed by atoms with Gasteiger partial charge in [-0.3, -0.25) is 18.8 Å². The van der Waals surface area contributed by atoms with Crippen molar-refractivity contribution in [1.82, 2.24) is 14.0 Å². The molecule has 0 amide bonds. The summed E-state index contributed by atoms with van der Waals surface area (Å²) in [5.41, 5.74) is -0.557. The Kier molecular flexibility index (Phi) is 6.88. The van der Waals surface area contributed by atoms with Gasteiger partial charge < -0.3 is 9.64 Å². The number of aromatic nitrogens is 2. The van der Waals surface area contributed by atoms with Crippen LogP contribution in [0.2, 0.25) is 0 Å². The van der Waals surface area contributed by atoms with Crippen LogP contribution in [-0.2, 0) is 14.1 Å². The van der Waals surface area contributed by atoms with E-state index in [1.807, 2.05) is 30.3 Å². The monoisotopic (exact) mass is 380 g/mol. The van der Waals surface area contributed by atoms with E-state index in [0.29, 0.717) is 12.4 Å². The van der Waals surface area contributed by atoms with Gasteiger partial charge in [-0.2, -0.15) is 0 Å². The second kappa shape index (κ2) is 8.91. The molecule has 0 unspecified atom stereocenters. The topological polar surface area (TPSA) is 59.7 Å². The molecule has 1 fully saturated rings. The zero-order valence-electron chi connectivity index (χ0n) is 15.1. The van der Waals surface area contributed by atoms with Crippen molar-refractivity contribution in [3.63, 3.8) is 0 Å². The second-order valence-electron chi connectivity index (χ2n) is 6.23. The summed E-state index contributed by atoms with van der Waals surface area (Å²) in [6, 6.07) is 11.3. The van der Waals surface area contributed by atoms with Crippen molar-refractivity contribution in [2.45, 2.75) is 0 Å². The lowest BCUT2D eigenvalue weighted by Gasteiger charge is -2.36. The number of halogens is 1. The summed E-state index contributed by atoms with van der Waals surface area (Å²) in [5.74, 6) is 1.57. The van der Waals surface area contributed by atoms with Gasteiger partial charge in [0.25, 0.3) is 5.56 Å². The molecule has 0 aliphatic carbocycles. The van der Waals surface area contributed by atoms with Crippen molar-refractivity contribution >= 4 is 18.2 Å². The van der Waals surface area contributed by atoms with Crippen LogP contribution < -0.4 is 20.9 Å². The van der Waals surface area contributed by atoms with Crippen LogP contribution in [0.3, 0.4) is 0 Å².